The maximum atomic E-state index is 12.2. The first-order valence-corrected chi connectivity index (χ1v) is 8.84. The second kappa shape index (κ2) is 8.85. The van der Waals surface area contributed by atoms with Gasteiger partial charge in [-0.1, -0.05) is 12.1 Å². The van der Waals surface area contributed by atoms with Crippen LogP contribution in [0.3, 0.4) is 0 Å². The molecule has 1 amide bonds. The molecule has 0 aromatic heterocycles. The van der Waals surface area contributed by atoms with Crippen molar-refractivity contribution in [1.82, 2.24) is 10.6 Å². The summed E-state index contributed by atoms with van der Waals surface area (Å²) in [4.78, 5) is 23.5. The van der Waals surface area contributed by atoms with Crippen LogP contribution in [0.1, 0.15) is 51.0 Å². The van der Waals surface area contributed by atoms with Crippen molar-refractivity contribution < 1.29 is 19.4 Å². The zero-order valence-corrected chi connectivity index (χ0v) is 15.1. The average Bonchev–Trinajstić information content (AvgIpc) is 2.62. The topological polar surface area (TPSA) is 87.7 Å². The molecule has 1 aliphatic carbocycles. The van der Waals surface area contributed by atoms with Gasteiger partial charge in [0.25, 0.3) is 0 Å². The lowest BCUT2D eigenvalue weighted by Gasteiger charge is -2.31. The predicted octanol–water partition coefficient (Wildman–Crippen LogP) is 2.07. The molecule has 1 aromatic carbocycles. The SMILES string of the molecule is COC(=O)[C@H](C)NC(=O)[C@H](C)NC1CCC(c2ccc(O)cc2)CC1. The third-order valence-corrected chi connectivity index (χ3v) is 4.88. The Balaban J connectivity index is 1.78. The van der Waals surface area contributed by atoms with E-state index in [0.717, 1.165) is 25.7 Å². The van der Waals surface area contributed by atoms with Crippen LogP contribution >= 0.6 is 0 Å². The largest absolute Gasteiger partial charge is 0.508 e. The fraction of sp³-hybridized carbons (Fsp3) is 0.579. The summed E-state index contributed by atoms with van der Waals surface area (Å²) < 4.78 is 4.61. The molecule has 1 aliphatic rings. The number of carbonyl (C=O) groups excluding carboxylic acids is 2. The first kappa shape index (κ1) is 19.2. The van der Waals surface area contributed by atoms with Gasteiger partial charge in [0.05, 0.1) is 13.2 Å². The summed E-state index contributed by atoms with van der Waals surface area (Å²) in [7, 11) is 1.30. The van der Waals surface area contributed by atoms with E-state index in [9.17, 15) is 14.7 Å². The standard InChI is InChI=1S/C19H28N2O4/c1-12(18(23)21-13(2)19(24)25-3)20-16-8-4-14(5-9-16)15-6-10-17(22)11-7-15/h6-7,10-14,16,20,22H,4-5,8-9H2,1-3H3,(H,21,23)/t12-,13-,14?,16?/m0/s1. The molecule has 6 heteroatoms. The van der Waals surface area contributed by atoms with Gasteiger partial charge in [-0.15, -0.1) is 0 Å². The summed E-state index contributed by atoms with van der Waals surface area (Å²) in [5, 5.41) is 15.4. The molecule has 25 heavy (non-hydrogen) atoms. The minimum Gasteiger partial charge on any atom is -0.508 e. The van der Waals surface area contributed by atoms with E-state index in [1.54, 1.807) is 19.1 Å². The fourth-order valence-corrected chi connectivity index (χ4v) is 3.34. The van der Waals surface area contributed by atoms with Crippen molar-refractivity contribution in [3.8, 4) is 5.75 Å². The Kier molecular flexibility index (Phi) is 6.82. The molecule has 0 spiro atoms. The lowest BCUT2D eigenvalue weighted by Crippen LogP contribution is -2.51. The Bertz CT molecular complexity index is 580. The van der Waals surface area contributed by atoms with Gasteiger partial charge >= 0.3 is 5.97 Å². The van der Waals surface area contributed by atoms with Crippen molar-refractivity contribution in [2.75, 3.05) is 7.11 Å². The number of hydrogen-bond donors (Lipinski definition) is 3. The number of phenolic OH excluding ortho intramolecular Hbond substituents is 1. The minimum atomic E-state index is -0.646. The lowest BCUT2D eigenvalue weighted by atomic mass is 9.81. The van der Waals surface area contributed by atoms with Crippen molar-refractivity contribution in [1.29, 1.82) is 0 Å². The summed E-state index contributed by atoms with van der Waals surface area (Å²) in [6, 6.07) is 6.72. The number of carbonyl (C=O) groups is 2. The van der Waals surface area contributed by atoms with Crippen LogP contribution in [0.15, 0.2) is 24.3 Å². The highest BCUT2D eigenvalue weighted by molar-refractivity contribution is 5.87. The molecule has 1 aromatic rings. The number of benzene rings is 1. The number of methoxy groups -OCH3 is 1. The molecule has 0 radical (unpaired) electrons. The Hall–Kier alpha value is -2.08. The summed E-state index contributed by atoms with van der Waals surface area (Å²) >= 11 is 0. The number of esters is 1. The van der Waals surface area contributed by atoms with Crippen molar-refractivity contribution in [3.63, 3.8) is 0 Å². The van der Waals surface area contributed by atoms with E-state index < -0.39 is 12.0 Å². The van der Waals surface area contributed by atoms with Crippen LogP contribution in [0, 0.1) is 0 Å². The molecule has 0 heterocycles. The highest BCUT2D eigenvalue weighted by Crippen LogP contribution is 2.33. The predicted molar refractivity (Wildman–Crippen MR) is 95.3 cm³/mol. The van der Waals surface area contributed by atoms with E-state index in [2.05, 4.69) is 15.4 Å². The van der Waals surface area contributed by atoms with E-state index in [-0.39, 0.29) is 11.9 Å². The fourth-order valence-electron chi connectivity index (χ4n) is 3.34. The van der Waals surface area contributed by atoms with Crippen LogP contribution in [-0.2, 0) is 14.3 Å². The Morgan fingerprint density at radius 2 is 1.68 bits per heavy atom. The van der Waals surface area contributed by atoms with Gasteiger partial charge in [-0.2, -0.15) is 0 Å². The van der Waals surface area contributed by atoms with Crippen LogP contribution in [0.4, 0.5) is 0 Å². The van der Waals surface area contributed by atoms with E-state index in [0.29, 0.717) is 17.7 Å². The number of rotatable bonds is 6. The maximum Gasteiger partial charge on any atom is 0.328 e. The summed E-state index contributed by atoms with van der Waals surface area (Å²) in [6.45, 7) is 3.42. The van der Waals surface area contributed by atoms with Gasteiger partial charge in [-0.25, -0.2) is 4.79 Å². The van der Waals surface area contributed by atoms with Crippen molar-refractivity contribution in [2.45, 2.75) is 63.6 Å². The van der Waals surface area contributed by atoms with Crippen LogP contribution < -0.4 is 10.6 Å². The second-order valence-corrected chi connectivity index (χ2v) is 6.78. The van der Waals surface area contributed by atoms with Crippen molar-refractivity contribution >= 4 is 11.9 Å². The first-order valence-electron chi connectivity index (χ1n) is 8.84. The molecule has 0 saturated heterocycles. The molecule has 2 atom stereocenters. The van der Waals surface area contributed by atoms with E-state index in [1.165, 1.54) is 12.7 Å². The monoisotopic (exact) mass is 348 g/mol. The molecular weight excluding hydrogens is 320 g/mol. The molecule has 0 unspecified atom stereocenters. The lowest BCUT2D eigenvalue weighted by molar-refractivity contribution is -0.144. The number of aromatic hydroxyl groups is 1. The highest BCUT2D eigenvalue weighted by Gasteiger charge is 2.26. The van der Waals surface area contributed by atoms with Crippen LogP contribution in [-0.4, -0.2) is 42.2 Å². The third kappa shape index (κ3) is 5.46. The van der Waals surface area contributed by atoms with Crippen molar-refractivity contribution in [3.05, 3.63) is 29.8 Å². The average molecular weight is 348 g/mol. The van der Waals surface area contributed by atoms with Gasteiger partial charge in [0.1, 0.15) is 11.8 Å². The smallest absolute Gasteiger partial charge is 0.328 e. The summed E-state index contributed by atoms with van der Waals surface area (Å²) in [5.74, 6) is 0.149. The van der Waals surface area contributed by atoms with Gasteiger partial charge in [0.2, 0.25) is 5.91 Å². The summed E-state index contributed by atoms with van der Waals surface area (Å²) in [6.07, 6.45) is 4.09. The zero-order chi connectivity index (χ0) is 18.4. The normalized spacial score (nSPS) is 22.7. The molecular formula is C19H28N2O4. The second-order valence-electron chi connectivity index (χ2n) is 6.78. The quantitative estimate of drug-likeness (QED) is 0.685. The number of nitrogens with one attached hydrogen (secondary N) is 2. The Morgan fingerprint density at radius 3 is 2.24 bits per heavy atom. The van der Waals surface area contributed by atoms with Gasteiger partial charge < -0.3 is 20.5 Å². The molecule has 0 aliphatic heterocycles. The van der Waals surface area contributed by atoms with E-state index in [4.69, 9.17) is 0 Å². The van der Waals surface area contributed by atoms with Crippen LogP contribution in [0.5, 0.6) is 5.75 Å². The van der Waals surface area contributed by atoms with Crippen LogP contribution in [0.25, 0.3) is 0 Å². The minimum absolute atomic E-state index is 0.196. The van der Waals surface area contributed by atoms with E-state index >= 15 is 0 Å². The molecule has 3 N–H and O–H groups in total. The molecule has 1 fully saturated rings. The van der Waals surface area contributed by atoms with Gasteiger partial charge in [0.15, 0.2) is 0 Å². The number of phenols is 1. The number of hydrogen-bond acceptors (Lipinski definition) is 5. The zero-order valence-electron chi connectivity index (χ0n) is 15.1. The van der Waals surface area contributed by atoms with Gasteiger partial charge in [-0.05, 0) is 63.1 Å². The Morgan fingerprint density at radius 1 is 1.08 bits per heavy atom. The molecule has 1 saturated carbocycles. The molecule has 0 bridgehead atoms. The molecule has 138 valence electrons. The van der Waals surface area contributed by atoms with Crippen LogP contribution in [0.2, 0.25) is 0 Å². The van der Waals surface area contributed by atoms with Gasteiger partial charge in [-0.3, -0.25) is 4.79 Å². The molecule has 2 rings (SSSR count). The van der Waals surface area contributed by atoms with Crippen molar-refractivity contribution in [2.24, 2.45) is 0 Å². The van der Waals surface area contributed by atoms with E-state index in [1.807, 2.05) is 19.1 Å². The number of ether oxygens (including phenoxy) is 1. The van der Waals surface area contributed by atoms with Gasteiger partial charge in [0, 0.05) is 6.04 Å². The highest BCUT2D eigenvalue weighted by atomic mass is 16.5. The summed E-state index contributed by atoms with van der Waals surface area (Å²) in [5.41, 5.74) is 1.26. The maximum absolute atomic E-state index is 12.2. The number of amides is 1. The third-order valence-electron chi connectivity index (χ3n) is 4.88. The Labute approximate surface area is 149 Å². The first-order chi connectivity index (χ1) is 11.9. The molecule has 6 nitrogen and oxygen atoms in total.